The fraction of sp³-hybridized carbons (Fsp3) is 0.357. The Hall–Kier alpha value is -0.360. The quantitative estimate of drug-likeness (QED) is 0.747. The maximum atomic E-state index is 4.51. The summed E-state index contributed by atoms with van der Waals surface area (Å²) in [6.45, 7) is 5.29. The second-order valence-electron chi connectivity index (χ2n) is 4.15. The number of aromatic nitrogens is 1. The Labute approximate surface area is 131 Å². The minimum atomic E-state index is 0.393. The van der Waals surface area contributed by atoms with Crippen molar-refractivity contribution in [2.24, 2.45) is 0 Å². The van der Waals surface area contributed by atoms with Gasteiger partial charge in [0.25, 0.3) is 0 Å². The van der Waals surface area contributed by atoms with E-state index in [0.717, 1.165) is 16.8 Å². The predicted octanol–water partition coefficient (Wildman–Crippen LogP) is 4.87. The molecule has 0 saturated heterocycles. The summed E-state index contributed by atoms with van der Waals surface area (Å²) in [6.07, 6.45) is 1.99. The lowest BCUT2D eigenvalue weighted by Gasteiger charge is -2.08. The molecule has 0 aliphatic rings. The van der Waals surface area contributed by atoms with Gasteiger partial charge in [0, 0.05) is 26.5 Å². The summed E-state index contributed by atoms with van der Waals surface area (Å²) in [5.41, 5.74) is 0. The smallest absolute Gasteiger partial charge is 0.103 e. The van der Waals surface area contributed by atoms with E-state index in [1.807, 2.05) is 24.0 Å². The maximum absolute atomic E-state index is 4.51. The van der Waals surface area contributed by atoms with Crippen LogP contribution in [0.25, 0.3) is 0 Å². The van der Waals surface area contributed by atoms with Crippen LogP contribution in [-0.2, 0) is 5.75 Å². The fourth-order valence-corrected chi connectivity index (χ4v) is 4.22. The van der Waals surface area contributed by atoms with E-state index in [0.29, 0.717) is 6.04 Å². The molecule has 0 aliphatic carbocycles. The molecule has 1 aromatic carbocycles. The molecule has 1 unspecified atom stereocenters. The predicted molar refractivity (Wildman–Crippen MR) is 87.9 cm³/mol. The van der Waals surface area contributed by atoms with Crippen molar-refractivity contribution < 1.29 is 0 Å². The Morgan fingerprint density at radius 2 is 2.21 bits per heavy atom. The molecule has 1 atom stereocenters. The van der Waals surface area contributed by atoms with Crippen molar-refractivity contribution in [2.45, 2.75) is 30.5 Å². The highest BCUT2D eigenvalue weighted by Crippen LogP contribution is 2.31. The van der Waals surface area contributed by atoms with Crippen molar-refractivity contribution in [2.75, 3.05) is 6.54 Å². The van der Waals surface area contributed by atoms with Crippen LogP contribution >= 0.6 is 39.0 Å². The zero-order valence-electron chi connectivity index (χ0n) is 11.0. The second-order valence-corrected chi connectivity index (χ2v) is 7.17. The number of hydrogen-bond acceptors (Lipinski definition) is 4. The van der Waals surface area contributed by atoms with Crippen LogP contribution < -0.4 is 5.32 Å². The van der Waals surface area contributed by atoms with Crippen LogP contribution in [0.15, 0.2) is 39.8 Å². The molecule has 0 radical (unpaired) electrons. The van der Waals surface area contributed by atoms with Gasteiger partial charge in [-0.1, -0.05) is 19.1 Å². The van der Waals surface area contributed by atoms with E-state index in [-0.39, 0.29) is 0 Å². The van der Waals surface area contributed by atoms with Gasteiger partial charge in [-0.3, -0.25) is 0 Å². The molecule has 0 spiro atoms. The molecular weight excluding hydrogens is 340 g/mol. The second kappa shape index (κ2) is 7.43. The van der Waals surface area contributed by atoms with Crippen LogP contribution in [0, 0.1) is 0 Å². The van der Waals surface area contributed by atoms with E-state index in [4.69, 9.17) is 0 Å². The third-order valence-corrected chi connectivity index (χ3v) is 6.10. The number of rotatable bonds is 6. The summed E-state index contributed by atoms with van der Waals surface area (Å²) in [5, 5.41) is 4.60. The number of hydrogen-bond donors (Lipinski definition) is 1. The topological polar surface area (TPSA) is 24.9 Å². The Morgan fingerprint density at radius 3 is 2.95 bits per heavy atom. The monoisotopic (exact) mass is 356 g/mol. The summed E-state index contributed by atoms with van der Waals surface area (Å²) >= 11 is 7.19. The number of benzene rings is 1. The first-order chi connectivity index (χ1) is 9.20. The van der Waals surface area contributed by atoms with Crippen LogP contribution in [-0.4, -0.2) is 11.5 Å². The highest BCUT2D eigenvalue weighted by molar-refractivity contribution is 9.10. The molecule has 0 amide bonds. The molecule has 0 bridgehead atoms. The van der Waals surface area contributed by atoms with Crippen molar-refractivity contribution >= 4 is 39.0 Å². The molecule has 0 aliphatic heterocycles. The number of halogens is 1. The van der Waals surface area contributed by atoms with Crippen molar-refractivity contribution in [3.05, 3.63) is 44.8 Å². The lowest BCUT2D eigenvalue weighted by molar-refractivity contribution is 0.606. The van der Waals surface area contributed by atoms with Crippen LogP contribution in [0.2, 0.25) is 0 Å². The Bertz CT molecular complexity index is 528. The molecule has 1 aromatic heterocycles. The molecule has 19 heavy (non-hydrogen) atoms. The zero-order chi connectivity index (χ0) is 13.7. The lowest BCUT2D eigenvalue weighted by atomic mass is 10.3. The van der Waals surface area contributed by atoms with Crippen molar-refractivity contribution in [1.29, 1.82) is 0 Å². The standard InChI is InChI=1S/C14H17BrN2S2/c1-3-16-10(2)13-8-17-14(19-13)9-18-12-7-5-4-6-11(12)15/h4-8,10,16H,3,9H2,1-2H3. The molecule has 2 rings (SSSR count). The van der Waals surface area contributed by atoms with Crippen molar-refractivity contribution in [3.8, 4) is 0 Å². The maximum Gasteiger partial charge on any atom is 0.103 e. The van der Waals surface area contributed by atoms with E-state index >= 15 is 0 Å². The highest BCUT2D eigenvalue weighted by atomic mass is 79.9. The minimum absolute atomic E-state index is 0.393. The molecule has 0 fully saturated rings. The minimum Gasteiger partial charge on any atom is -0.310 e. The van der Waals surface area contributed by atoms with Gasteiger partial charge in [-0.25, -0.2) is 4.98 Å². The number of nitrogens with zero attached hydrogens (tertiary/aromatic N) is 1. The molecule has 102 valence electrons. The van der Waals surface area contributed by atoms with Crippen molar-refractivity contribution in [1.82, 2.24) is 10.3 Å². The summed E-state index contributed by atoms with van der Waals surface area (Å²) in [7, 11) is 0. The summed E-state index contributed by atoms with van der Waals surface area (Å²) in [6, 6.07) is 8.69. The van der Waals surface area contributed by atoms with Crippen LogP contribution in [0.1, 0.15) is 29.8 Å². The van der Waals surface area contributed by atoms with E-state index < -0.39 is 0 Å². The van der Waals surface area contributed by atoms with Gasteiger partial charge in [-0.2, -0.15) is 0 Å². The number of nitrogens with one attached hydrogen (secondary N) is 1. The third-order valence-electron chi connectivity index (χ3n) is 2.70. The molecule has 5 heteroatoms. The van der Waals surface area contributed by atoms with E-state index in [1.165, 1.54) is 14.8 Å². The van der Waals surface area contributed by atoms with Gasteiger partial charge >= 0.3 is 0 Å². The normalized spacial score (nSPS) is 12.6. The molecule has 1 N–H and O–H groups in total. The van der Waals surface area contributed by atoms with Crippen molar-refractivity contribution in [3.63, 3.8) is 0 Å². The summed E-state index contributed by atoms with van der Waals surface area (Å²) in [4.78, 5) is 7.08. The molecule has 1 heterocycles. The lowest BCUT2D eigenvalue weighted by Crippen LogP contribution is -2.16. The van der Waals surface area contributed by atoms with E-state index in [1.54, 1.807) is 11.3 Å². The van der Waals surface area contributed by atoms with Crippen LogP contribution in [0.4, 0.5) is 0 Å². The molecule has 2 aromatic rings. The first-order valence-electron chi connectivity index (χ1n) is 6.26. The fourth-order valence-electron chi connectivity index (χ4n) is 1.70. The van der Waals surface area contributed by atoms with Gasteiger partial charge in [-0.05, 0) is 41.5 Å². The first kappa shape index (κ1) is 15.0. The molecular formula is C14H17BrN2S2. The first-order valence-corrected chi connectivity index (χ1v) is 8.85. The van der Waals surface area contributed by atoms with Gasteiger partial charge in [0.1, 0.15) is 5.01 Å². The van der Waals surface area contributed by atoms with Gasteiger partial charge < -0.3 is 5.32 Å². The van der Waals surface area contributed by atoms with Gasteiger partial charge in [0.15, 0.2) is 0 Å². The summed E-state index contributed by atoms with van der Waals surface area (Å²) in [5.74, 6) is 0.923. The highest BCUT2D eigenvalue weighted by Gasteiger charge is 2.09. The van der Waals surface area contributed by atoms with E-state index in [9.17, 15) is 0 Å². The zero-order valence-corrected chi connectivity index (χ0v) is 14.2. The van der Waals surface area contributed by atoms with E-state index in [2.05, 4.69) is 58.3 Å². The SMILES string of the molecule is CCNC(C)c1cnc(CSc2ccccc2Br)s1. The molecule has 0 saturated carbocycles. The third kappa shape index (κ3) is 4.31. The average Bonchev–Trinajstić information content (AvgIpc) is 2.87. The summed E-state index contributed by atoms with van der Waals surface area (Å²) < 4.78 is 1.15. The van der Waals surface area contributed by atoms with Gasteiger partial charge in [-0.15, -0.1) is 23.1 Å². The van der Waals surface area contributed by atoms with Gasteiger partial charge in [0.05, 0.1) is 5.75 Å². The Morgan fingerprint density at radius 1 is 1.42 bits per heavy atom. The van der Waals surface area contributed by atoms with Gasteiger partial charge in [0.2, 0.25) is 0 Å². The largest absolute Gasteiger partial charge is 0.310 e. The molecule has 2 nitrogen and oxygen atoms in total. The number of thiazole rings is 1. The van der Waals surface area contributed by atoms with Crippen LogP contribution in [0.3, 0.4) is 0 Å². The number of thioether (sulfide) groups is 1. The average molecular weight is 357 g/mol. The Kier molecular flexibility index (Phi) is 5.88. The Balaban J connectivity index is 1.95. The van der Waals surface area contributed by atoms with Crippen LogP contribution in [0.5, 0.6) is 0 Å².